The highest BCUT2D eigenvalue weighted by molar-refractivity contribution is 6.16. The molecule has 13 rings (SSSR count). The third-order valence-corrected chi connectivity index (χ3v) is 14.5. The van der Waals surface area contributed by atoms with Crippen molar-refractivity contribution in [3.63, 3.8) is 0 Å². The Kier molecular flexibility index (Phi) is 13.2. The maximum absolute atomic E-state index is 6.81. The molecule has 0 atom stereocenters. The maximum Gasteiger partial charge on any atom is 0.164 e. The second-order valence-corrected chi connectivity index (χ2v) is 19.5. The van der Waals surface area contributed by atoms with Crippen LogP contribution in [-0.2, 0) is 0 Å². The summed E-state index contributed by atoms with van der Waals surface area (Å²) in [6.45, 7) is 4.40. The number of hydrogen-bond acceptors (Lipinski definition) is 4. The topological polar surface area (TPSA) is 94.3 Å². The molecule has 0 amide bonds. The number of amidine groups is 2. The normalized spacial score (nSPS) is 11.8. The SMILES string of the molecule is C=C(N=C(N=C(N)c1ccccc1)c1ccc2c3ccc(-c4c(-c5ccccc5)cc(-c5nc(-c6ccccc6)nc(-c6ccccc6)n5)cc4-c4ccccc4)cc3n(-c3ccc(-c4ccccc4)cc3)c2c1)c1ccccc1. The zero-order valence-corrected chi connectivity index (χ0v) is 43.6. The molecule has 2 N–H and O–H groups in total. The van der Waals surface area contributed by atoms with Crippen LogP contribution in [-0.4, -0.2) is 31.2 Å². The number of hydrogen-bond donors (Lipinski definition) is 1. The van der Waals surface area contributed by atoms with Crippen LogP contribution < -0.4 is 5.73 Å². The molecular formula is C73H51N7. The number of benzene rings is 11. The molecule has 0 unspecified atom stereocenters. The van der Waals surface area contributed by atoms with E-state index in [9.17, 15) is 0 Å². The molecule has 0 fully saturated rings. The number of nitrogens with two attached hydrogens (primary N) is 1. The second kappa shape index (κ2) is 21.6. The van der Waals surface area contributed by atoms with Crippen LogP contribution in [0.25, 0.3) is 112 Å². The second-order valence-electron chi connectivity index (χ2n) is 19.5. The summed E-state index contributed by atoms with van der Waals surface area (Å²) in [4.78, 5) is 25.7. The van der Waals surface area contributed by atoms with E-state index >= 15 is 0 Å². The van der Waals surface area contributed by atoms with Crippen LogP contribution in [0, 0.1) is 0 Å². The summed E-state index contributed by atoms with van der Waals surface area (Å²) in [5, 5.41) is 2.16. The first-order chi connectivity index (χ1) is 39.5. The van der Waals surface area contributed by atoms with Crippen LogP contribution in [0.1, 0.15) is 16.7 Å². The summed E-state index contributed by atoms with van der Waals surface area (Å²) >= 11 is 0. The molecular weight excluding hydrogens is 975 g/mol. The Labute approximate surface area is 464 Å². The van der Waals surface area contributed by atoms with E-state index in [4.69, 9.17) is 30.7 Å². The number of aliphatic imine (C=N–C) groups is 2. The number of fused-ring (bicyclic) bond motifs is 3. The predicted octanol–water partition coefficient (Wildman–Crippen LogP) is 17.5. The summed E-state index contributed by atoms with van der Waals surface area (Å²) in [5.41, 5.74) is 24.1. The fraction of sp³-hybridized carbons (Fsp3) is 0. The van der Waals surface area contributed by atoms with Gasteiger partial charge in [0, 0.05) is 44.3 Å². The third-order valence-electron chi connectivity index (χ3n) is 14.5. The van der Waals surface area contributed by atoms with Crippen LogP contribution in [0.3, 0.4) is 0 Å². The minimum Gasteiger partial charge on any atom is -0.383 e. The van der Waals surface area contributed by atoms with E-state index in [1.165, 1.54) is 0 Å². The monoisotopic (exact) mass is 1030 g/mol. The molecule has 0 aliphatic heterocycles. The molecule has 0 aliphatic carbocycles. The maximum atomic E-state index is 6.81. The molecule has 13 aromatic rings. The lowest BCUT2D eigenvalue weighted by molar-refractivity contribution is 1.07. The van der Waals surface area contributed by atoms with Gasteiger partial charge in [-0.25, -0.2) is 24.9 Å². The Morgan fingerprint density at radius 1 is 0.338 bits per heavy atom. The standard InChI is InChI=1S/C73H51N7/c1-49(50-23-9-2-10-24-50)75-72(76-69(74)55-31-17-6-18-32-55)59-40-44-63-62-43-39-58(47-66(62)80(67(63)48-59)61-41-37-52(38-42-61)51-25-11-3-12-26-51)68-64(53-27-13-4-14-28-53)45-60(46-65(68)54-29-15-5-16-30-54)73-78-70(56-33-19-7-20-34-56)77-71(79-73)57-35-21-8-22-36-57/h2-48H,1H2,(H2,74,75,76). The quantitative estimate of drug-likeness (QED) is 0.0974. The highest BCUT2D eigenvalue weighted by Crippen LogP contribution is 2.45. The highest BCUT2D eigenvalue weighted by Gasteiger charge is 2.23. The molecule has 378 valence electrons. The fourth-order valence-electron chi connectivity index (χ4n) is 10.5. The Bertz CT molecular complexity index is 4310. The molecule has 80 heavy (non-hydrogen) atoms. The van der Waals surface area contributed by atoms with Crippen molar-refractivity contribution in [3.8, 4) is 84.4 Å². The summed E-state index contributed by atoms with van der Waals surface area (Å²) in [6, 6.07) is 98.3. The average molecular weight is 1030 g/mol. The van der Waals surface area contributed by atoms with Crippen molar-refractivity contribution in [2.24, 2.45) is 15.7 Å². The Hall–Kier alpha value is -10.9. The molecule has 2 heterocycles. The lowest BCUT2D eigenvalue weighted by atomic mass is 9.85. The molecule has 0 radical (unpaired) electrons. The van der Waals surface area contributed by atoms with Crippen molar-refractivity contribution in [2.45, 2.75) is 0 Å². The van der Waals surface area contributed by atoms with Crippen LogP contribution in [0.4, 0.5) is 0 Å². The van der Waals surface area contributed by atoms with Crippen LogP contribution in [0.5, 0.6) is 0 Å². The van der Waals surface area contributed by atoms with Gasteiger partial charge in [0.2, 0.25) is 0 Å². The van der Waals surface area contributed by atoms with Crippen molar-refractivity contribution in [3.05, 3.63) is 308 Å². The van der Waals surface area contributed by atoms with Crippen molar-refractivity contribution >= 4 is 39.2 Å². The van der Waals surface area contributed by atoms with E-state index in [2.05, 4.69) is 169 Å². The van der Waals surface area contributed by atoms with E-state index in [0.717, 1.165) is 105 Å². The Morgan fingerprint density at radius 3 is 1.25 bits per heavy atom. The van der Waals surface area contributed by atoms with Gasteiger partial charge >= 0.3 is 0 Å². The van der Waals surface area contributed by atoms with E-state index in [0.29, 0.717) is 34.8 Å². The Balaban J connectivity index is 1.06. The zero-order valence-electron chi connectivity index (χ0n) is 43.6. The zero-order chi connectivity index (χ0) is 53.8. The van der Waals surface area contributed by atoms with Gasteiger partial charge in [-0.15, -0.1) is 0 Å². The molecule has 0 saturated carbocycles. The van der Waals surface area contributed by atoms with Crippen LogP contribution >= 0.6 is 0 Å². The predicted molar refractivity (Wildman–Crippen MR) is 331 cm³/mol. The number of aromatic nitrogens is 4. The van der Waals surface area contributed by atoms with Crippen LogP contribution in [0.2, 0.25) is 0 Å². The lowest BCUT2D eigenvalue weighted by Gasteiger charge is -2.19. The van der Waals surface area contributed by atoms with Crippen molar-refractivity contribution in [1.29, 1.82) is 0 Å². The first kappa shape index (κ1) is 48.7. The lowest BCUT2D eigenvalue weighted by Crippen LogP contribution is -2.16. The molecule has 11 aromatic carbocycles. The molecule has 2 aromatic heterocycles. The molecule has 0 saturated heterocycles. The third kappa shape index (κ3) is 9.79. The van der Waals surface area contributed by atoms with Gasteiger partial charge in [0.05, 0.1) is 16.7 Å². The first-order valence-electron chi connectivity index (χ1n) is 26.6. The van der Waals surface area contributed by atoms with Crippen molar-refractivity contribution in [2.75, 3.05) is 0 Å². The van der Waals surface area contributed by atoms with Gasteiger partial charge in [-0.3, -0.25) is 0 Å². The molecule has 0 aliphatic rings. The molecule has 7 heteroatoms. The van der Waals surface area contributed by atoms with Gasteiger partial charge in [-0.05, 0) is 86.5 Å². The fourth-order valence-corrected chi connectivity index (χ4v) is 10.5. The minimum atomic E-state index is 0.352. The van der Waals surface area contributed by atoms with Gasteiger partial charge < -0.3 is 10.3 Å². The number of rotatable bonds is 12. The summed E-state index contributed by atoms with van der Waals surface area (Å²) < 4.78 is 2.36. The summed E-state index contributed by atoms with van der Waals surface area (Å²) in [6.07, 6.45) is 0. The summed E-state index contributed by atoms with van der Waals surface area (Å²) in [7, 11) is 0. The average Bonchev–Trinajstić information content (AvgIpc) is 4.03. The summed E-state index contributed by atoms with van der Waals surface area (Å²) in [5.74, 6) is 2.58. The molecule has 0 bridgehead atoms. The molecule has 0 spiro atoms. The number of nitrogens with zero attached hydrogens (tertiary/aromatic N) is 6. The smallest absolute Gasteiger partial charge is 0.164 e. The van der Waals surface area contributed by atoms with Gasteiger partial charge in [0.25, 0.3) is 0 Å². The van der Waals surface area contributed by atoms with Gasteiger partial charge in [0.15, 0.2) is 23.3 Å². The molecule has 7 nitrogen and oxygen atoms in total. The van der Waals surface area contributed by atoms with Gasteiger partial charge in [-0.1, -0.05) is 255 Å². The van der Waals surface area contributed by atoms with E-state index < -0.39 is 0 Å². The van der Waals surface area contributed by atoms with Gasteiger partial charge in [-0.2, -0.15) is 0 Å². The van der Waals surface area contributed by atoms with E-state index in [-0.39, 0.29) is 0 Å². The largest absolute Gasteiger partial charge is 0.383 e. The van der Waals surface area contributed by atoms with Crippen LogP contribution in [0.15, 0.2) is 302 Å². The minimum absolute atomic E-state index is 0.352. The van der Waals surface area contributed by atoms with Crippen molar-refractivity contribution in [1.82, 2.24) is 19.5 Å². The van der Waals surface area contributed by atoms with E-state index in [1.54, 1.807) is 0 Å². The Morgan fingerprint density at radius 2 is 0.738 bits per heavy atom. The van der Waals surface area contributed by atoms with E-state index in [1.807, 2.05) is 127 Å². The first-order valence-corrected chi connectivity index (χ1v) is 26.6. The van der Waals surface area contributed by atoms with Gasteiger partial charge in [0.1, 0.15) is 5.84 Å². The van der Waals surface area contributed by atoms with Crippen molar-refractivity contribution < 1.29 is 0 Å². The highest BCUT2D eigenvalue weighted by atomic mass is 15.0.